The molecule has 0 unspecified atom stereocenters. The third-order valence-electron chi connectivity index (χ3n) is 4.89. The zero-order chi connectivity index (χ0) is 24.4. The van der Waals surface area contributed by atoms with Crippen molar-refractivity contribution in [3.05, 3.63) is 77.4 Å². The van der Waals surface area contributed by atoms with Crippen LogP contribution in [-0.4, -0.2) is 31.3 Å². The number of carbonyl (C=O) groups excluding carboxylic acids is 1. The molecule has 0 aromatic heterocycles. The average Bonchev–Trinajstić information content (AvgIpc) is 2.71. The second kappa shape index (κ2) is 9.03. The number of benzene rings is 3. The van der Waals surface area contributed by atoms with Gasteiger partial charge in [-0.25, -0.2) is 13.2 Å². The number of rotatable bonds is 7. The van der Waals surface area contributed by atoms with Gasteiger partial charge in [0.15, 0.2) is 0 Å². The molecule has 0 aliphatic carbocycles. The van der Waals surface area contributed by atoms with Crippen molar-refractivity contribution in [2.45, 2.75) is 25.6 Å². The normalized spacial score (nSPS) is 12.5. The summed E-state index contributed by atoms with van der Waals surface area (Å²) >= 11 is 0. The van der Waals surface area contributed by atoms with Gasteiger partial charge in [0.25, 0.3) is 0 Å². The molecule has 3 aromatic rings. The molecular weight excluding hydrogens is 461 g/mol. The van der Waals surface area contributed by atoms with Gasteiger partial charge in [-0.3, -0.25) is 0 Å². The highest BCUT2D eigenvalue weighted by Gasteiger charge is 2.37. The van der Waals surface area contributed by atoms with E-state index < -0.39 is 51.5 Å². The first kappa shape index (κ1) is 24.5. The maximum absolute atomic E-state index is 13.6. The van der Waals surface area contributed by atoms with Crippen molar-refractivity contribution >= 4 is 26.9 Å². The lowest BCUT2D eigenvalue weighted by Gasteiger charge is -2.30. The van der Waals surface area contributed by atoms with E-state index in [1.54, 1.807) is 26.0 Å². The second-order valence-corrected chi connectivity index (χ2v) is 9.27. The highest BCUT2D eigenvalue weighted by molar-refractivity contribution is 7.85. The molecule has 0 saturated carbocycles. The lowest BCUT2D eigenvalue weighted by atomic mass is 9.92. The minimum Gasteiger partial charge on any atom is -0.748 e. The third kappa shape index (κ3) is 6.02. The van der Waals surface area contributed by atoms with Crippen LogP contribution in [0.2, 0.25) is 0 Å². The molecule has 0 heterocycles. The summed E-state index contributed by atoms with van der Waals surface area (Å²) in [4.78, 5) is 12.2. The van der Waals surface area contributed by atoms with Crippen LogP contribution in [0.15, 0.2) is 60.7 Å². The largest absolute Gasteiger partial charge is 0.748 e. The first-order valence-corrected chi connectivity index (χ1v) is 11.3. The number of hydrogen-bond acceptors (Lipinski definition) is 6. The number of alkyl halides is 3. The van der Waals surface area contributed by atoms with Crippen molar-refractivity contribution in [3.8, 4) is 5.75 Å². The van der Waals surface area contributed by atoms with Crippen LogP contribution in [0, 0.1) is 0 Å². The van der Waals surface area contributed by atoms with Gasteiger partial charge in [-0.05, 0) is 42.8 Å². The van der Waals surface area contributed by atoms with Gasteiger partial charge >= 0.3 is 12.1 Å². The van der Waals surface area contributed by atoms with Crippen molar-refractivity contribution in [2.24, 2.45) is 0 Å². The monoisotopic (exact) mass is 481 g/mol. The Hall–Kier alpha value is -3.11. The number of esters is 1. The summed E-state index contributed by atoms with van der Waals surface area (Å²) in [5.41, 5.74) is -1.95. The van der Waals surface area contributed by atoms with Crippen LogP contribution in [0.5, 0.6) is 5.75 Å². The molecule has 3 rings (SSSR count). The van der Waals surface area contributed by atoms with Crippen molar-refractivity contribution in [1.82, 2.24) is 0 Å². The van der Waals surface area contributed by atoms with Gasteiger partial charge in [0.1, 0.15) is 18.0 Å². The van der Waals surface area contributed by atoms with Crippen molar-refractivity contribution in [2.75, 3.05) is 12.4 Å². The van der Waals surface area contributed by atoms with E-state index in [1.165, 1.54) is 0 Å². The zero-order valence-corrected chi connectivity index (χ0v) is 18.5. The molecular formula is C23H20F3O6S-. The number of halogens is 3. The third-order valence-corrected chi connectivity index (χ3v) is 5.56. The molecule has 0 bridgehead atoms. The Kier molecular flexibility index (Phi) is 6.71. The molecule has 176 valence electrons. The van der Waals surface area contributed by atoms with Gasteiger partial charge in [-0.2, -0.15) is 13.2 Å². The standard InChI is InChI=1S/C23H21F3O6S/c1-22(2,18-9-5-7-15-6-3-4-8-17(15)18)32-20-14-16(10-11-19(20)23(24,25)26)21(27)31-12-13-33(28,29)30/h3-11,14H,12-13H2,1-2H3,(H,28,29,30)/p-1. The Morgan fingerprint density at radius 1 is 0.970 bits per heavy atom. The van der Waals surface area contributed by atoms with E-state index in [1.807, 2.05) is 30.3 Å². The Bertz CT molecular complexity index is 1280. The quantitative estimate of drug-likeness (QED) is 0.353. The minimum atomic E-state index is -4.76. The number of ether oxygens (including phenoxy) is 2. The summed E-state index contributed by atoms with van der Waals surface area (Å²) in [5.74, 6) is -2.62. The number of hydrogen-bond donors (Lipinski definition) is 0. The predicted octanol–water partition coefficient (Wildman–Crippen LogP) is 4.87. The topological polar surface area (TPSA) is 92.7 Å². The van der Waals surface area contributed by atoms with Crippen LogP contribution in [0.4, 0.5) is 13.2 Å². The molecule has 0 N–H and O–H groups in total. The number of fused-ring (bicyclic) bond motifs is 1. The molecule has 0 amide bonds. The van der Waals surface area contributed by atoms with E-state index in [0.29, 0.717) is 11.6 Å². The van der Waals surface area contributed by atoms with Crippen molar-refractivity contribution in [1.29, 1.82) is 0 Å². The summed E-state index contributed by atoms with van der Waals surface area (Å²) in [6.45, 7) is 2.50. The van der Waals surface area contributed by atoms with Crippen LogP contribution < -0.4 is 4.74 Å². The summed E-state index contributed by atoms with van der Waals surface area (Å²) < 4.78 is 83.4. The van der Waals surface area contributed by atoms with E-state index in [-0.39, 0.29) is 5.56 Å². The maximum Gasteiger partial charge on any atom is 0.419 e. The Balaban J connectivity index is 1.97. The first-order valence-electron chi connectivity index (χ1n) is 9.77. The van der Waals surface area contributed by atoms with Gasteiger partial charge in [0.05, 0.1) is 27.0 Å². The van der Waals surface area contributed by atoms with Gasteiger partial charge < -0.3 is 14.0 Å². The van der Waals surface area contributed by atoms with Crippen LogP contribution in [-0.2, 0) is 26.6 Å². The lowest BCUT2D eigenvalue weighted by Crippen LogP contribution is -2.27. The predicted molar refractivity (Wildman–Crippen MR) is 114 cm³/mol. The van der Waals surface area contributed by atoms with Crippen molar-refractivity contribution in [3.63, 3.8) is 0 Å². The average molecular weight is 481 g/mol. The zero-order valence-electron chi connectivity index (χ0n) is 17.7. The van der Waals surface area contributed by atoms with Gasteiger partial charge in [0.2, 0.25) is 0 Å². The molecule has 0 fully saturated rings. The smallest absolute Gasteiger partial charge is 0.419 e. The molecule has 0 atom stereocenters. The first-order chi connectivity index (χ1) is 15.3. The summed E-state index contributed by atoms with van der Waals surface area (Å²) in [6.07, 6.45) is -4.76. The Labute approximate surface area is 188 Å². The van der Waals surface area contributed by atoms with E-state index in [4.69, 9.17) is 9.47 Å². The van der Waals surface area contributed by atoms with E-state index >= 15 is 0 Å². The molecule has 33 heavy (non-hydrogen) atoms. The van der Waals surface area contributed by atoms with E-state index in [9.17, 15) is 30.9 Å². The fourth-order valence-corrected chi connectivity index (χ4v) is 3.66. The van der Waals surface area contributed by atoms with E-state index in [2.05, 4.69) is 0 Å². The SMILES string of the molecule is CC(C)(Oc1cc(C(=O)OCCS(=O)(=O)[O-])ccc1C(F)(F)F)c1cccc2ccccc12. The van der Waals surface area contributed by atoms with Crippen LogP contribution in [0.1, 0.15) is 35.3 Å². The number of carbonyl (C=O) groups is 1. The Morgan fingerprint density at radius 3 is 2.30 bits per heavy atom. The molecule has 6 nitrogen and oxygen atoms in total. The molecule has 0 aliphatic heterocycles. The van der Waals surface area contributed by atoms with Gasteiger partial charge in [-0.15, -0.1) is 0 Å². The van der Waals surface area contributed by atoms with Gasteiger partial charge in [-0.1, -0.05) is 42.5 Å². The fourth-order valence-electron chi connectivity index (χ4n) is 3.37. The van der Waals surface area contributed by atoms with Crippen LogP contribution >= 0.6 is 0 Å². The fraction of sp³-hybridized carbons (Fsp3) is 0.261. The van der Waals surface area contributed by atoms with Crippen molar-refractivity contribution < 1.29 is 40.4 Å². The molecule has 0 saturated heterocycles. The summed E-state index contributed by atoms with van der Waals surface area (Å²) in [6, 6.07) is 15.2. The van der Waals surface area contributed by atoms with Crippen LogP contribution in [0.25, 0.3) is 10.8 Å². The van der Waals surface area contributed by atoms with E-state index in [0.717, 1.165) is 22.9 Å². The summed E-state index contributed by atoms with van der Waals surface area (Å²) in [5, 5.41) is 1.68. The molecule has 3 aromatic carbocycles. The molecule has 0 aliphatic rings. The molecule has 0 spiro atoms. The lowest BCUT2D eigenvalue weighted by molar-refractivity contribution is -0.139. The Morgan fingerprint density at radius 2 is 1.64 bits per heavy atom. The van der Waals surface area contributed by atoms with Crippen LogP contribution in [0.3, 0.4) is 0 Å². The highest BCUT2D eigenvalue weighted by Crippen LogP contribution is 2.41. The highest BCUT2D eigenvalue weighted by atomic mass is 32.2. The minimum absolute atomic E-state index is 0.282. The van der Waals surface area contributed by atoms with Gasteiger partial charge in [0, 0.05) is 5.56 Å². The summed E-state index contributed by atoms with van der Waals surface area (Å²) in [7, 11) is -4.61. The second-order valence-electron chi connectivity index (χ2n) is 7.75. The molecule has 10 heteroatoms. The molecule has 0 radical (unpaired) electrons. The maximum atomic E-state index is 13.6.